The van der Waals surface area contributed by atoms with E-state index in [2.05, 4.69) is 21.2 Å². The van der Waals surface area contributed by atoms with Gasteiger partial charge in [-0.15, -0.1) is 0 Å². The highest BCUT2D eigenvalue weighted by Gasteiger charge is 2.08. The molecule has 1 aromatic carbocycles. The molecule has 2 N–H and O–H groups in total. The monoisotopic (exact) mass is 289 g/mol. The second-order valence-corrected chi connectivity index (χ2v) is 4.48. The maximum atomic E-state index is 13.3. The number of hydrogen-bond donors (Lipinski definition) is 2. The molecule has 3 nitrogen and oxygen atoms in total. The molecule has 0 radical (unpaired) electrons. The van der Waals surface area contributed by atoms with E-state index in [1.807, 2.05) is 0 Å². The van der Waals surface area contributed by atoms with Crippen LogP contribution in [0.4, 0.5) is 10.1 Å². The smallest absolute Gasteiger partial charge is 0.224 e. The van der Waals surface area contributed by atoms with E-state index in [-0.39, 0.29) is 18.0 Å². The molecule has 1 amide bonds. The van der Waals surface area contributed by atoms with Crippen molar-refractivity contribution in [3.63, 3.8) is 0 Å². The fraction of sp³-hybridized carbons (Fsp3) is 0.364. The lowest BCUT2D eigenvalue weighted by Gasteiger charge is -2.07. The summed E-state index contributed by atoms with van der Waals surface area (Å²) in [4.78, 5) is 11.4. The van der Waals surface area contributed by atoms with Crippen molar-refractivity contribution in [2.45, 2.75) is 25.9 Å². The van der Waals surface area contributed by atoms with Crippen LogP contribution in [0, 0.1) is 5.82 Å². The maximum absolute atomic E-state index is 13.3. The zero-order chi connectivity index (χ0) is 12.1. The number of aliphatic hydroxyl groups is 1. The molecule has 0 saturated carbocycles. The van der Waals surface area contributed by atoms with Gasteiger partial charge in [0.2, 0.25) is 5.91 Å². The highest BCUT2D eigenvalue weighted by Crippen LogP contribution is 2.19. The van der Waals surface area contributed by atoms with Gasteiger partial charge in [-0.1, -0.05) is 15.9 Å². The Hall–Kier alpha value is -0.940. The van der Waals surface area contributed by atoms with Crippen molar-refractivity contribution in [2.24, 2.45) is 0 Å². The van der Waals surface area contributed by atoms with Crippen LogP contribution in [0.5, 0.6) is 0 Å². The summed E-state index contributed by atoms with van der Waals surface area (Å²) in [7, 11) is 0. The summed E-state index contributed by atoms with van der Waals surface area (Å²) >= 11 is 3.13. The molecular formula is C11H13BrFNO2. The SMILES string of the molecule is CC(O)CCC(=O)Nc1ccc(Br)cc1F. The molecule has 1 unspecified atom stereocenters. The van der Waals surface area contributed by atoms with Crippen molar-refractivity contribution in [3.8, 4) is 0 Å². The molecule has 0 aromatic heterocycles. The van der Waals surface area contributed by atoms with Crippen molar-refractivity contribution in [3.05, 3.63) is 28.5 Å². The third-order valence-electron chi connectivity index (χ3n) is 1.99. The normalized spacial score (nSPS) is 12.2. The van der Waals surface area contributed by atoms with Crippen LogP contribution in [0.1, 0.15) is 19.8 Å². The minimum absolute atomic E-state index is 0.152. The van der Waals surface area contributed by atoms with Gasteiger partial charge in [0, 0.05) is 10.9 Å². The molecule has 0 heterocycles. The molecule has 88 valence electrons. The summed E-state index contributed by atoms with van der Waals surface area (Å²) in [5, 5.41) is 11.4. The number of carbonyl (C=O) groups excluding carboxylic acids is 1. The topological polar surface area (TPSA) is 49.3 Å². The highest BCUT2D eigenvalue weighted by molar-refractivity contribution is 9.10. The van der Waals surface area contributed by atoms with E-state index < -0.39 is 11.9 Å². The Bertz CT molecular complexity index is 382. The Balaban J connectivity index is 2.56. The van der Waals surface area contributed by atoms with Gasteiger partial charge < -0.3 is 10.4 Å². The number of halogens is 2. The number of rotatable bonds is 4. The Morgan fingerprint density at radius 3 is 2.88 bits per heavy atom. The maximum Gasteiger partial charge on any atom is 0.224 e. The lowest BCUT2D eigenvalue weighted by molar-refractivity contribution is -0.116. The molecule has 1 aromatic rings. The lowest BCUT2D eigenvalue weighted by Crippen LogP contribution is -2.14. The first kappa shape index (κ1) is 13.1. The lowest BCUT2D eigenvalue weighted by atomic mass is 10.2. The van der Waals surface area contributed by atoms with Crippen LogP contribution in [0.15, 0.2) is 22.7 Å². The summed E-state index contributed by atoms with van der Waals surface area (Å²) in [5.74, 6) is -0.790. The molecule has 0 fully saturated rings. The van der Waals surface area contributed by atoms with Gasteiger partial charge in [0.15, 0.2) is 0 Å². The van der Waals surface area contributed by atoms with Crippen LogP contribution in [0.3, 0.4) is 0 Å². The fourth-order valence-electron chi connectivity index (χ4n) is 1.14. The van der Waals surface area contributed by atoms with Crippen molar-refractivity contribution in [1.29, 1.82) is 0 Å². The fourth-order valence-corrected chi connectivity index (χ4v) is 1.48. The average Bonchev–Trinajstić information content (AvgIpc) is 2.19. The van der Waals surface area contributed by atoms with E-state index in [0.29, 0.717) is 10.9 Å². The Morgan fingerprint density at radius 2 is 2.31 bits per heavy atom. The molecule has 16 heavy (non-hydrogen) atoms. The first-order valence-electron chi connectivity index (χ1n) is 4.92. The van der Waals surface area contributed by atoms with E-state index >= 15 is 0 Å². The summed E-state index contributed by atoms with van der Waals surface area (Å²) in [6, 6.07) is 4.41. The van der Waals surface area contributed by atoms with Crippen molar-refractivity contribution in [1.82, 2.24) is 0 Å². The van der Waals surface area contributed by atoms with Crippen LogP contribution < -0.4 is 5.32 Å². The molecule has 1 rings (SSSR count). The van der Waals surface area contributed by atoms with Crippen molar-refractivity contribution in [2.75, 3.05) is 5.32 Å². The van der Waals surface area contributed by atoms with Gasteiger partial charge in [-0.05, 0) is 31.5 Å². The van der Waals surface area contributed by atoms with Crippen LogP contribution in [-0.4, -0.2) is 17.1 Å². The van der Waals surface area contributed by atoms with Crippen LogP contribution in [0.25, 0.3) is 0 Å². The number of carbonyl (C=O) groups is 1. The zero-order valence-electron chi connectivity index (χ0n) is 8.84. The van der Waals surface area contributed by atoms with E-state index in [0.717, 1.165) is 0 Å². The van der Waals surface area contributed by atoms with E-state index in [1.54, 1.807) is 13.0 Å². The molecular weight excluding hydrogens is 277 g/mol. The second-order valence-electron chi connectivity index (χ2n) is 3.56. The van der Waals surface area contributed by atoms with Crippen LogP contribution in [-0.2, 0) is 4.79 Å². The van der Waals surface area contributed by atoms with E-state index in [9.17, 15) is 9.18 Å². The van der Waals surface area contributed by atoms with Crippen molar-refractivity contribution < 1.29 is 14.3 Å². The predicted octanol–water partition coefficient (Wildman–Crippen LogP) is 2.69. The van der Waals surface area contributed by atoms with E-state index in [1.165, 1.54) is 12.1 Å². The summed E-state index contributed by atoms with van der Waals surface area (Å²) in [5.41, 5.74) is 0.152. The van der Waals surface area contributed by atoms with E-state index in [4.69, 9.17) is 5.11 Å². The Kier molecular flexibility index (Phi) is 4.89. The first-order valence-corrected chi connectivity index (χ1v) is 5.71. The number of anilines is 1. The first-order chi connectivity index (χ1) is 7.49. The number of hydrogen-bond acceptors (Lipinski definition) is 2. The molecule has 0 saturated heterocycles. The summed E-state index contributed by atoms with van der Waals surface area (Å²) in [6.07, 6.45) is 0.0115. The van der Waals surface area contributed by atoms with Gasteiger partial charge >= 0.3 is 0 Å². The molecule has 0 aliphatic carbocycles. The van der Waals surface area contributed by atoms with Gasteiger partial charge in [0.05, 0.1) is 11.8 Å². The standard InChI is InChI=1S/C11H13BrFNO2/c1-7(15)2-5-11(16)14-10-4-3-8(12)6-9(10)13/h3-4,6-7,15H,2,5H2,1H3,(H,14,16). The summed E-state index contributed by atoms with van der Waals surface area (Å²) < 4.78 is 13.9. The predicted molar refractivity (Wildman–Crippen MR) is 63.6 cm³/mol. The molecule has 0 aliphatic rings. The van der Waals surface area contributed by atoms with Crippen LogP contribution in [0.2, 0.25) is 0 Å². The quantitative estimate of drug-likeness (QED) is 0.895. The van der Waals surface area contributed by atoms with Crippen LogP contribution >= 0.6 is 15.9 Å². The number of amides is 1. The van der Waals surface area contributed by atoms with Gasteiger partial charge in [0.1, 0.15) is 5.82 Å². The van der Waals surface area contributed by atoms with Gasteiger partial charge in [-0.3, -0.25) is 4.79 Å². The van der Waals surface area contributed by atoms with Gasteiger partial charge in [-0.25, -0.2) is 4.39 Å². The number of nitrogens with one attached hydrogen (secondary N) is 1. The second kappa shape index (κ2) is 5.96. The van der Waals surface area contributed by atoms with Gasteiger partial charge in [-0.2, -0.15) is 0 Å². The van der Waals surface area contributed by atoms with Crippen molar-refractivity contribution >= 4 is 27.5 Å². The summed E-state index contributed by atoms with van der Waals surface area (Å²) in [6.45, 7) is 1.60. The average molecular weight is 290 g/mol. The highest BCUT2D eigenvalue weighted by atomic mass is 79.9. The molecule has 5 heteroatoms. The largest absolute Gasteiger partial charge is 0.393 e. The molecule has 1 atom stereocenters. The molecule has 0 spiro atoms. The minimum Gasteiger partial charge on any atom is -0.393 e. The number of benzene rings is 1. The zero-order valence-corrected chi connectivity index (χ0v) is 10.4. The Morgan fingerprint density at radius 1 is 1.62 bits per heavy atom. The minimum atomic E-state index is -0.527. The number of aliphatic hydroxyl groups excluding tert-OH is 1. The molecule has 0 aliphatic heterocycles. The third-order valence-corrected chi connectivity index (χ3v) is 2.49. The van der Waals surface area contributed by atoms with Gasteiger partial charge in [0.25, 0.3) is 0 Å². The third kappa shape index (κ3) is 4.28. The Labute approximate surface area is 102 Å². The molecule has 0 bridgehead atoms.